The molecular formula is C15H22O. The SMILES string of the molecule is CC(=O)C(C)Cc1cc(C(C)C)ccc1C. The number of aryl methyl sites for hydroxylation is 1. The van der Waals surface area contributed by atoms with Gasteiger partial charge in [0.05, 0.1) is 0 Å². The second-order valence-corrected chi connectivity index (χ2v) is 5.06. The van der Waals surface area contributed by atoms with Crippen LogP contribution < -0.4 is 0 Å². The molecule has 0 bridgehead atoms. The third-order valence-electron chi connectivity index (χ3n) is 3.26. The molecule has 1 nitrogen and oxygen atoms in total. The van der Waals surface area contributed by atoms with Gasteiger partial charge in [-0.1, -0.05) is 39.0 Å². The number of Topliss-reactive ketones (excluding diaryl/α,β-unsaturated/α-hetero) is 1. The van der Waals surface area contributed by atoms with Crippen LogP contribution in [-0.2, 0) is 11.2 Å². The van der Waals surface area contributed by atoms with Crippen LogP contribution in [0.25, 0.3) is 0 Å². The molecule has 0 aliphatic heterocycles. The highest BCUT2D eigenvalue weighted by molar-refractivity contribution is 5.78. The molecule has 1 atom stereocenters. The predicted octanol–water partition coefficient (Wildman–Crippen LogP) is 3.89. The van der Waals surface area contributed by atoms with E-state index in [1.807, 2.05) is 6.92 Å². The van der Waals surface area contributed by atoms with Gasteiger partial charge >= 0.3 is 0 Å². The predicted molar refractivity (Wildman–Crippen MR) is 68.8 cm³/mol. The lowest BCUT2D eigenvalue weighted by Crippen LogP contribution is -2.10. The minimum atomic E-state index is 0.126. The Labute approximate surface area is 98.9 Å². The summed E-state index contributed by atoms with van der Waals surface area (Å²) in [5.41, 5.74) is 3.96. The second-order valence-electron chi connectivity index (χ2n) is 5.06. The molecule has 0 aromatic heterocycles. The Kier molecular flexibility index (Phi) is 4.28. The average Bonchev–Trinajstić information content (AvgIpc) is 2.20. The van der Waals surface area contributed by atoms with E-state index in [0.717, 1.165) is 6.42 Å². The molecule has 0 aliphatic rings. The van der Waals surface area contributed by atoms with Crippen LogP contribution in [0.2, 0.25) is 0 Å². The summed E-state index contributed by atoms with van der Waals surface area (Å²) in [4.78, 5) is 11.3. The molecule has 1 heteroatoms. The lowest BCUT2D eigenvalue weighted by molar-refractivity contribution is -0.120. The number of carbonyl (C=O) groups excluding carboxylic acids is 1. The molecule has 0 amide bonds. The van der Waals surface area contributed by atoms with Gasteiger partial charge in [0.25, 0.3) is 0 Å². The number of hydrogen-bond acceptors (Lipinski definition) is 1. The second kappa shape index (κ2) is 5.29. The first-order valence-electron chi connectivity index (χ1n) is 6.01. The fourth-order valence-corrected chi connectivity index (χ4v) is 1.74. The van der Waals surface area contributed by atoms with Crippen LogP contribution >= 0.6 is 0 Å². The first kappa shape index (κ1) is 13.0. The van der Waals surface area contributed by atoms with Crippen molar-refractivity contribution >= 4 is 5.78 Å². The van der Waals surface area contributed by atoms with Gasteiger partial charge in [0, 0.05) is 5.92 Å². The van der Waals surface area contributed by atoms with Gasteiger partial charge in [-0.05, 0) is 42.9 Å². The van der Waals surface area contributed by atoms with Gasteiger partial charge in [-0.25, -0.2) is 0 Å². The van der Waals surface area contributed by atoms with Crippen LogP contribution in [0.5, 0.6) is 0 Å². The third-order valence-corrected chi connectivity index (χ3v) is 3.26. The van der Waals surface area contributed by atoms with Crippen molar-refractivity contribution in [2.45, 2.75) is 47.0 Å². The maximum atomic E-state index is 11.3. The molecule has 88 valence electrons. The highest BCUT2D eigenvalue weighted by atomic mass is 16.1. The first-order chi connectivity index (χ1) is 7.41. The summed E-state index contributed by atoms with van der Waals surface area (Å²) in [5, 5.41) is 0. The summed E-state index contributed by atoms with van der Waals surface area (Å²) in [5.74, 6) is 0.947. The van der Waals surface area contributed by atoms with Crippen LogP contribution in [0.15, 0.2) is 18.2 Å². The van der Waals surface area contributed by atoms with Gasteiger partial charge in [-0.2, -0.15) is 0 Å². The third kappa shape index (κ3) is 3.19. The van der Waals surface area contributed by atoms with Gasteiger partial charge in [-0.15, -0.1) is 0 Å². The van der Waals surface area contributed by atoms with Crippen LogP contribution in [0.4, 0.5) is 0 Å². The number of ketones is 1. The Morgan fingerprint density at radius 1 is 1.25 bits per heavy atom. The van der Waals surface area contributed by atoms with Crippen molar-refractivity contribution in [3.8, 4) is 0 Å². The Bertz CT molecular complexity index is 377. The molecule has 1 aromatic rings. The monoisotopic (exact) mass is 218 g/mol. The maximum absolute atomic E-state index is 11.3. The van der Waals surface area contributed by atoms with E-state index >= 15 is 0 Å². The van der Waals surface area contributed by atoms with Gasteiger partial charge in [0.1, 0.15) is 5.78 Å². The summed E-state index contributed by atoms with van der Waals surface area (Å²) in [7, 11) is 0. The molecule has 1 unspecified atom stereocenters. The molecule has 0 spiro atoms. The largest absolute Gasteiger partial charge is 0.300 e. The van der Waals surface area contributed by atoms with Crippen molar-refractivity contribution in [1.82, 2.24) is 0 Å². The summed E-state index contributed by atoms with van der Waals surface area (Å²) >= 11 is 0. The van der Waals surface area contributed by atoms with E-state index in [0.29, 0.717) is 5.92 Å². The Morgan fingerprint density at radius 3 is 2.38 bits per heavy atom. The molecule has 0 saturated carbocycles. The molecule has 0 heterocycles. The number of rotatable bonds is 4. The summed E-state index contributed by atoms with van der Waals surface area (Å²) in [6, 6.07) is 6.60. The fourth-order valence-electron chi connectivity index (χ4n) is 1.74. The van der Waals surface area contributed by atoms with E-state index in [1.165, 1.54) is 16.7 Å². The van der Waals surface area contributed by atoms with Crippen molar-refractivity contribution in [1.29, 1.82) is 0 Å². The molecule has 16 heavy (non-hydrogen) atoms. The highest BCUT2D eigenvalue weighted by Gasteiger charge is 2.11. The Balaban J connectivity index is 2.94. The van der Waals surface area contributed by atoms with Gasteiger partial charge in [0.15, 0.2) is 0 Å². The Morgan fingerprint density at radius 2 is 1.88 bits per heavy atom. The van der Waals surface area contributed by atoms with E-state index < -0.39 is 0 Å². The molecule has 0 radical (unpaired) electrons. The van der Waals surface area contributed by atoms with E-state index in [4.69, 9.17) is 0 Å². The maximum Gasteiger partial charge on any atom is 0.132 e. The molecule has 0 N–H and O–H groups in total. The minimum Gasteiger partial charge on any atom is -0.300 e. The lowest BCUT2D eigenvalue weighted by Gasteiger charge is -2.13. The Hall–Kier alpha value is -1.11. The zero-order valence-electron chi connectivity index (χ0n) is 11.0. The zero-order chi connectivity index (χ0) is 12.3. The minimum absolute atomic E-state index is 0.126. The highest BCUT2D eigenvalue weighted by Crippen LogP contribution is 2.21. The summed E-state index contributed by atoms with van der Waals surface area (Å²) in [6.45, 7) is 10.2. The zero-order valence-corrected chi connectivity index (χ0v) is 11.0. The number of benzene rings is 1. The first-order valence-corrected chi connectivity index (χ1v) is 6.01. The molecule has 1 rings (SSSR count). The van der Waals surface area contributed by atoms with Crippen LogP contribution in [0.3, 0.4) is 0 Å². The van der Waals surface area contributed by atoms with E-state index in [1.54, 1.807) is 6.92 Å². The van der Waals surface area contributed by atoms with Crippen LogP contribution in [0.1, 0.15) is 50.3 Å². The van der Waals surface area contributed by atoms with E-state index in [2.05, 4.69) is 39.0 Å². The molecular weight excluding hydrogens is 196 g/mol. The standard InChI is InChI=1S/C15H22O/c1-10(2)14-7-6-11(3)15(9-14)8-12(4)13(5)16/h6-7,9-10,12H,8H2,1-5H3. The number of hydrogen-bond donors (Lipinski definition) is 0. The van der Waals surface area contributed by atoms with E-state index in [9.17, 15) is 4.79 Å². The smallest absolute Gasteiger partial charge is 0.132 e. The normalized spacial score (nSPS) is 12.9. The van der Waals surface area contributed by atoms with Crippen molar-refractivity contribution in [2.24, 2.45) is 5.92 Å². The lowest BCUT2D eigenvalue weighted by atomic mass is 9.91. The quantitative estimate of drug-likeness (QED) is 0.749. The topological polar surface area (TPSA) is 17.1 Å². The van der Waals surface area contributed by atoms with Crippen LogP contribution in [0, 0.1) is 12.8 Å². The molecule has 0 fully saturated rings. The molecule has 0 aliphatic carbocycles. The van der Waals surface area contributed by atoms with Crippen molar-refractivity contribution < 1.29 is 4.79 Å². The van der Waals surface area contributed by atoms with E-state index in [-0.39, 0.29) is 11.7 Å². The van der Waals surface area contributed by atoms with Gasteiger partial charge in [-0.3, -0.25) is 4.79 Å². The van der Waals surface area contributed by atoms with Crippen molar-refractivity contribution in [2.75, 3.05) is 0 Å². The van der Waals surface area contributed by atoms with Gasteiger partial charge in [0.2, 0.25) is 0 Å². The van der Waals surface area contributed by atoms with Gasteiger partial charge < -0.3 is 0 Å². The fraction of sp³-hybridized carbons (Fsp3) is 0.533. The van der Waals surface area contributed by atoms with Crippen LogP contribution in [-0.4, -0.2) is 5.78 Å². The van der Waals surface area contributed by atoms with Crippen molar-refractivity contribution in [3.63, 3.8) is 0 Å². The number of carbonyl (C=O) groups is 1. The molecule has 1 aromatic carbocycles. The average molecular weight is 218 g/mol. The van der Waals surface area contributed by atoms with Crippen molar-refractivity contribution in [3.05, 3.63) is 34.9 Å². The molecule has 0 saturated heterocycles. The summed E-state index contributed by atoms with van der Waals surface area (Å²) < 4.78 is 0. The summed E-state index contributed by atoms with van der Waals surface area (Å²) in [6.07, 6.45) is 0.863.